The molecular formula is C23H44O2Si2. The van der Waals surface area contributed by atoms with Crippen LogP contribution in [-0.2, 0) is 6.42 Å². The standard InChI is InChI=1S/C23H44O2Si2/c1-12-13-14-15-19-16-20(24-26(8,9)22(2,3)4)18-21(17-19)25-27(10,11)23(5,6)7/h16-18H,12-15H2,1-11H3. The number of unbranched alkanes of at least 4 members (excludes halogenated alkanes) is 2. The zero-order valence-corrected chi connectivity index (χ0v) is 21.9. The van der Waals surface area contributed by atoms with E-state index in [-0.39, 0.29) is 10.1 Å². The van der Waals surface area contributed by atoms with Gasteiger partial charge in [0.1, 0.15) is 11.5 Å². The van der Waals surface area contributed by atoms with Crippen LogP contribution in [0.3, 0.4) is 0 Å². The normalized spacial score (nSPS) is 13.6. The van der Waals surface area contributed by atoms with Crippen LogP contribution in [-0.4, -0.2) is 16.6 Å². The molecule has 0 aromatic heterocycles. The van der Waals surface area contributed by atoms with Crippen molar-refractivity contribution in [3.05, 3.63) is 23.8 Å². The van der Waals surface area contributed by atoms with Crippen molar-refractivity contribution in [1.29, 1.82) is 0 Å². The van der Waals surface area contributed by atoms with Gasteiger partial charge in [-0.05, 0) is 66.8 Å². The van der Waals surface area contributed by atoms with E-state index in [1.165, 1.54) is 24.8 Å². The Balaban J connectivity index is 3.21. The second-order valence-electron chi connectivity index (χ2n) is 11.0. The Hall–Kier alpha value is -0.746. The van der Waals surface area contributed by atoms with E-state index >= 15 is 0 Å². The van der Waals surface area contributed by atoms with Gasteiger partial charge in [-0.3, -0.25) is 0 Å². The third-order valence-corrected chi connectivity index (χ3v) is 15.1. The van der Waals surface area contributed by atoms with Crippen LogP contribution in [0.25, 0.3) is 0 Å². The SMILES string of the molecule is CCCCCc1cc(O[Si](C)(C)C(C)(C)C)cc(O[Si](C)(C)C(C)(C)C)c1. The summed E-state index contributed by atoms with van der Waals surface area (Å²) in [5.74, 6) is 1.98. The lowest BCUT2D eigenvalue weighted by molar-refractivity contribution is 0.473. The molecule has 4 heteroatoms. The number of benzene rings is 1. The third kappa shape index (κ3) is 6.97. The van der Waals surface area contributed by atoms with Gasteiger partial charge in [-0.15, -0.1) is 0 Å². The number of hydrogen-bond donors (Lipinski definition) is 0. The molecule has 1 aromatic carbocycles. The average molecular weight is 409 g/mol. The van der Waals surface area contributed by atoms with Crippen LogP contribution < -0.4 is 8.85 Å². The summed E-state index contributed by atoms with van der Waals surface area (Å²) in [7, 11) is -3.74. The fourth-order valence-electron chi connectivity index (χ4n) is 2.37. The largest absolute Gasteiger partial charge is 0.543 e. The van der Waals surface area contributed by atoms with Gasteiger partial charge >= 0.3 is 0 Å². The summed E-state index contributed by atoms with van der Waals surface area (Å²) in [6.45, 7) is 25.2. The van der Waals surface area contributed by atoms with E-state index in [0.29, 0.717) is 0 Å². The van der Waals surface area contributed by atoms with Crippen molar-refractivity contribution in [3.63, 3.8) is 0 Å². The first-order valence-electron chi connectivity index (χ1n) is 10.6. The molecule has 0 radical (unpaired) electrons. The van der Waals surface area contributed by atoms with E-state index in [9.17, 15) is 0 Å². The predicted octanol–water partition coefficient (Wildman–Crippen LogP) is 8.19. The molecule has 0 aliphatic heterocycles. The molecule has 0 unspecified atom stereocenters. The molecule has 0 saturated heterocycles. The molecule has 1 aromatic rings. The summed E-state index contributed by atoms with van der Waals surface area (Å²) in [5, 5.41) is 0.372. The number of aryl methyl sites for hydroxylation is 1. The Labute approximate surface area is 171 Å². The molecule has 1 rings (SSSR count). The van der Waals surface area contributed by atoms with Gasteiger partial charge in [-0.25, -0.2) is 0 Å². The van der Waals surface area contributed by atoms with Crippen LogP contribution in [0.2, 0.25) is 36.3 Å². The molecule has 0 bridgehead atoms. The minimum atomic E-state index is -1.87. The van der Waals surface area contributed by atoms with Crippen molar-refractivity contribution < 1.29 is 8.85 Å². The van der Waals surface area contributed by atoms with E-state index in [0.717, 1.165) is 17.9 Å². The van der Waals surface area contributed by atoms with Crippen LogP contribution >= 0.6 is 0 Å². The maximum atomic E-state index is 6.63. The molecule has 0 amide bonds. The van der Waals surface area contributed by atoms with Crippen molar-refractivity contribution in [2.24, 2.45) is 0 Å². The topological polar surface area (TPSA) is 18.5 Å². The third-order valence-electron chi connectivity index (χ3n) is 6.37. The zero-order valence-electron chi connectivity index (χ0n) is 19.9. The van der Waals surface area contributed by atoms with Gasteiger partial charge < -0.3 is 8.85 Å². The summed E-state index contributed by atoms with van der Waals surface area (Å²) in [5.41, 5.74) is 1.34. The Morgan fingerprint density at radius 2 is 1.11 bits per heavy atom. The Morgan fingerprint density at radius 1 is 0.704 bits per heavy atom. The second kappa shape index (κ2) is 8.73. The minimum Gasteiger partial charge on any atom is -0.543 e. The monoisotopic (exact) mass is 408 g/mol. The summed E-state index contributed by atoms with van der Waals surface area (Å²) >= 11 is 0. The molecule has 0 aliphatic carbocycles. The summed E-state index contributed by atoms with van der Waals surface area (Å²) in [4.78, 5) is 0. The lowest BCUT2D eigenvalue weighted by atomic mass is 10.1. The van der Waals surface area contributed by atoms with Crippen LogP contribution in [0.1, 0.15) is 73.3 Å². The number of hydrogen-bond acceptors (Lipinski definition) is 2. The van der Waals surface area contributed by atoms with E-state index in [2.05, 4.69) is 92.9 Å². The first kappa shape index (κ1) is 24.3. The van der Waals surface area contributed by atoms with Crippen LogP contribution in [0.5, 0.6) is 11.5 Å². The molecule has 156 valence electrons. The Morgan fingerprint density at radius 3 is 1.44 bits per heavy atom. The summed E-state index contributed by atoms with van der Waals surface area (Å²) in [6, 6.07) is 6.62. The van der Waals surface area contributed by atoms with E-state index in [1.807, 2.05) is 0 Å². The summed E-state index contributed by atoms with van der Waals surface area (Å²) < 4.78 is 13.3. The van der Waals surface area contributed by atoms with Gasteiger partial charge in [0.25, 0.3) is 0 Å². The van der Waals surface area contributed by atoms with Crippen molar-refractivity contribution in [3.8, 4) is 11.5 Å². The van der Waals surface area contributed by atoms with Gasteiger partial charge in [0.05, 0.1) is 0 Å². The Bertz CT molecular complexity index is 562. The van der Waals surface area contributed by atoms with E-state index in [1.54, 1.807) is 0 Å². The van der Waals surface area contributed by atoms with Gasteiger partial charge in [-0.2, -0.15) is 0 Å². The molecule has 27 heavy (non-hydrogen) atoms. The van der Waals surface area contributed by atoms with Gasteiger partial charge in [0, 0.05) is 6.07 Å². The first-order valence-corrected chi connectivity index (χ1v) is 16.4. The van der Waals surface area contributed by atoms with Crippen molar-refractivity contribution in [1.82, 2.24) is 0 Å². The molecule has 0 fully saturated rings. The second-order valence-corrected chi connectivity index (χ2v) is 20.4. The number of rotatable bonds is 8. The van der Waals surface area contributed by atoms with Gasteiger partial charge in [0.2, 0.25) is 16.6 Å². The van der Waals surface area contributed by atoms with E-state index in [4.69, 9.17) is 8.85 Å². The molecule has 0 atom stereocenters. The fraction of sp³-hybridized carbons (Fsp3) is 0.739. The van der Waals surface area contributed by atoms with Crippen molar-refractivity contribution in [2.45, 2.75) is 110 Å². The highest BCUT2D eigenvalue weighted by Crippen LogP contribution is 2.41. The lowest BCUT2D eigenvalue weighted by Gasteiger charge is -2.38. The van der Waals surface area contributed by atoms with Gasteiger partial charge in [-0.1, -0.05) is 61.3 Å². The molecule has 0 spiro atoms. The Kier molecular flexibility index (Phi) is 7.85. The highest BCUT2D eigenvalue weighted by atomic mass is 28.4. The van der Waals surface area contributed by atoms with Crippen LogP contribution in [0.15, 0.2) is 18.2 Å². The smallest absolute Gasteiger partial charge is 0.250 e. The molecule has 0 saturated carbocycles. The quantitative estimate of drug-likeness (QED) is 0.319. The van der Waals surface area contributed by atoms with E-state index < -0.39 is 16.6 Å². The lowest BCUT2D eigenvalue weighted by Crippen LogP contribution is -2.44. The molecule has 0 aliphatic rings. The van der Waals surface area contributed by atoms with Crippen molar-refractivity contribution >= 4 is 16.6 Å². The predicted molar refractivity (Wildman–Crippen MR) is 125 cm³/mol. The molecule has 0 heterocycles. The van der Waals surface area contributed by atoms with Gasteiger partial charge in [0.15, 0.2) is 0 Å². The van der Waals surface area contributed by atoms with Crippen molar-refractivity contribution in [2.75, 3.05) is 0 Å². The summed E-state index contributed by atoms with van der Waals surface area (Å²) in [6.07, 6.45) is 4.83. The maximum absolute atomic E-state index is 6.63. The maximum Gasteiger partial charge on any atom is 0.250 e. The average Bonchev–Trinajstić information content (AvgIpc) is 2.43. The highest BCUT2D eigenvalue weighted by molar-refractivity contribution is 6.75. The zero-order chi connectivity index (χ0) is 21.1. The molecular weight excluding hydrogens is 364 g/mol. The van der Waals surface area contributed by atoms with Crippen LogP contribution in [0, 0.1) is 0 Å². The minimum absolute atomic E-state index is 0.186. The fourth-order valence-corrected chi connectivity index (χ4v) is 4.39. The highest BCUT2D eigenvalue weighted by Gasteiger charge is 2.40. The molecule has 0 N–H and O–H groups in total. The molecule has 2 nitrogen and oxygen atoms in total. The first-order chi connectivity index (χ1) is 12.1. The van der Waals surface area contributed by atoms with Crippen LogP contribution in [0.4, 0.5) is 0 Å².